The summed E-state index contributed by atoms with van der Waals surface area (Å²) in [4.78, 5) is 15.1. The fourth-order valence-electron chi connectivity index (χ4n) is 3.48. The highest BCUT2D eigenvalue weighted by atomic mass is 19.1. The molecule has 1 fully saturated rings. The largest absolute Gasteiger partial charge is 0.338 e. The maximum absolute atomic E-state index is 13.2. The van der Waals surface area contributed by atoms with Gasteiger partial charge < -0.3 is 10.3 Å². The van der Waals surface area contributed by atoms with Crippen molar-refractivity contribution in [2.45, 2.75) is 31.7 Å². The van der Waals surface area contributed by atoms with Gasteiger partial charge in [-0.05, 0) is 56.0 Å². The highest BCUT2D eigenvalue weighted by Gasteiger charge is 2.44. The highest BCUT2D eigenvalue weighted by Crippen LogP contribution is 2.47. The van der Waals surface area contributed by atoms with Crippen LogP contribution in [0.3, 0.4) is 0 Å². The van der Waals surface area contributed by atoms with Gasteiger partial charge in [-0.25, -0.2) is 4.39 Å². The molecule has 26 heavy (non-hydrogen) atoms. The summed E-state index contributed by atoms with van der Waals surface area (Å²) in [5, 5.41) is 17.5. The molecule has 3 aromatic rings. The van der Waals surface area contributed by atoms with Crippen LogP contribution in [0.2, 0.25) is 0 Å². The normalized spacial score (nSPS) is 16.2. The second kappa shape index (κ2) is 5.99. The first-order valence-electron chi connectivity index (χ1n) is 8.53. The Bertz CT molecular complexity index is 1060. The van der Waals surface area contributed by atoms with E-state index in [9.17, 15) is 14.4 Å². The molecule has 0 bridgehead atoms. The molecule has 7 heteroatoms. The zero-order chi connectivity index (χ0) is 18.3. The minimum Gasteiger partial charge on any atom is -0.338 e. The van der Waals surface area contributed by atoms with E-state index in [0.717, 1.165) is 12.8 Å². The van der Waals surface area contributed by atoms with E-state index in [2.05, 4.69) is 21.5 Å². The monoisotopic (exact) mass is 351 g/mol. The van der Waals surface area contributed by atoms with Crippen LogP contribution in [0.5, 0.6) is 0 Å². The number of rotatable bonds is 5. The number of hydrogen-bond donors (Lipinski definition) is 2. The van der Waals surface area contributed by atoms with Crippen LogP contribution in [-0.4, -0.2) is 14.8 Å². The summed E-state index contributed by atoms with van der Waals surface area (Å²) in [7, 11) is 0. The van der Waals surface area contributed by atoms with E-state index in [0.29, 0.717) is 34.7 Å². The Morgan fingerprint density at radius 1 is 1.38 bits per heavy atom. The number of nitrogens with one attached hydrogen (secondary N) is 2. The molecule has 0 saturated heterocycles. The van der Waals surface area contributed by atoms with Gasteiger partial charge in [0.25, 0.3) is 5.56 Å². The number of nitriles is 1. The predicted molar refractivity (Wildman–Crippen MR) is 96.6 cm³/mol. The van der Waals surface area contributed by atoms with Crippen LogP contribution in [0, 0.1) is 23.1 Å². The Kier molecular flexibility index (Phi) is 3.76. The molecular formula is C19H18FN5O. The number of aromatic nitrogens is 3. The number of fused-ring (bicyclic) bond motifs is 1. The van der Waals surface area contributed by atoms with Gasteiger partial charge in [0.05, 0.1) is 23.5 Å². The molecule has 0 unspecified atom stereocenters. The topological polar surface area (TPSA) is 86.5 Å². The quantitative estimate of drug-likeness (QED) is 0.735. The first-order valence-corrected chi connectivity index (χ1v) is 8.53. The van der Waals surface area contributed by atoms with Gasteiger partial charge in [-0.3, -0.25) is 9.48 Å². The van der Waals surface area contributed by atoms with Crippen molar-refractivity contribution in [3.8, 4) is 6.07 Å². The summed E-state index contributed by atoms with van der Waals surface area (Å²) in [6, 6.07) is 9.93. The standard InChI is InChI=1S/C19H18FN5O/c1-19(9-10-21,12-2-3-12)25-15-8-11-22-18(26)16(15)17(24-25)23-14-6-4-13(20)5-7-14/h4-8,11-12H,2-3,9H2,1H3,(H,22,26)(H,23,24)/t19-/m0/s1. The summed E-state index contributed by atoms with van der Waals surface area (Å²) in [5.74, 6) is 0.431. The van der Waals surface area contributed by atoms with E-state index in [4.69, 9.17) is 0 Å². The average Bonchev–Trinajstić information content (AvgIpc) is 3.41. The van der Waals surface area contributed by atoms with E-state index in [1.54, 1.807) is 24.4 Å². The lowest BCUT2D eigenvalue weighted by atomic mass is 9.92. The van der Waals surface area contributed by atoms with Crippen LogP contribution in [0.15, 0.2) is 41.3 Å². The number of H-pyrrole nitrogens is 1. The molecule has 1 atom stereocenters. The fourth-order valence-corrected chi connectivity index (χ4v) is 3.48. The Hall–Kier alpha value is -3.14. The van der Waals surface area contributed by atoms with Crippen LogP contribution in [-0.2, 0) is 5.54 Å². The lowest BCUT2D eigenvalue weighted by Gasteiger charge is -2.28. The molecule has 2 heterocycles. The minimum atomic E-state index is -0.469. The SMILES string of the molecule is C[C@](CC#N)(C1CC1)n1nc(Nc2ccc(F)cc2)c2c(=O)[nH]ccc21. The van der Waals surface area contributed by atoms with Crippen molar-refractivity contribution in [1.29, 1.82) is 5.26 Å². The maximum Gasteiger partial charge on any atom is 0.261 e. The van der Waals surface area contributed by atoms with Gasteiger partial charge in [0.1, 0.15) is 11.2 Å². The molecule has 1 aliphatic carbocycles. The van der Waals surface area contributed by atoms with Crippen LogP contribution in [0.1, 0.15) is 26.2 Å². The van der Waals surface area contributed by atoms with Gasteiger partial charge in [-0.2, -0.15) is 10.4 Å². The van der Waals surface area contributed by atoms with Gasteiger partial charge in [-0.1, -0.05) is 0 Å². The zero-order valence-electron chi connectivity index (χ0n) is 14.3. The van der Waals surface area contributed by atoms with Crippen molar-refractivity contribution in [2.24, 2.45) is 5.92 Å². The van der Waals surface area contributed by atoms with Crippen LogP contribution >= 0.6 is 0 Å². The fraction of sp³-hybridized carbons (Fsp3) is 0.316. The third-order valence-electron chi connectivity index (χ3n) is 5.09. The molecular weight excluding hydrogens is 333 g/mol. The summed E-state index contributed by atoms with van der Waals surface area (Å²) < 4.78 is 15.0. The van der Waals surface area contributed by atoms with E-state index >= 15 is 0 Å². The Morgan fingerprint density at radius 2 is 2.12 bits per heavy atom. The molecule has 0 aliphatic heterocycles. The number of anilines is 2. The van der Waals surface area contributed by atoms with E-state index < -0.39 is 5.54 Å². The molecule has 1 aliphatic rings. The predicted octanol–water partition coefficient (Wildman–Crippen LogP) is 3.65. The average molecular weight is 351 g/mol. The van der Waals surface area contributed by atoms with Gasteiger partial charge in [0.15, 0.2) is 5.82 Å². The molecule has 1 saturated carbocycles. The first kappa shape index (κ1) is 16.3. The molecule has 2 aromatic heterocycles. The van der Waals surface area contributed by atoms with Crippen molar-refractivity contribution in [1.82, 2.24) is 14.8 Å². The van der Waals surface area contributed by atoms with Crippen molar-refractivity contribution in [3.63, 3.8) is 0 Å². The number of hydrogen-bond acceptors (Lipinski definition) is 4. The van der Waals surface area contributed by atoms with Crippen LogP contribution < -0.4 is 10.9 Å². The molecule has 2 N–H and O–H groups in total. The Morgan fingerprint density at radius 3 is 2.77 bits per heavy atom. The summed E-state index contributed by atoms with van der Waals surface area (Å²) in [6.45, 7) is 2.02. The highest BCUT2D eigenvalue weighted by molar-refractivity contribution is 5.91. The van der Waals surface area contributed by atoms with Crippen LogP contribution in [0.25, 0.3) is 10.9 Å². The Balaban J connectivity index is 1.87. The van der Waals surface area contributed by atoms with Gasteiger partial charge in [0, 0.05) is 11.9 Å². The Labute approximate surface area is 149 Å². The molecule has 6 nitrogen and oxygen atoms in total. The number of aromatic amines is 1. The number of benzene rings is 1. The molecule has 132 valence electrons. The molecule has 0 amide bonds. The second-order valence-corrected chi connectivity index (χ2v) is 6.93. The van der Waals surface area contributed by atoms with Crippen LogP contribution in [0.4, 0.5) is 15.9 Å². The van der Waals surface area contributed by atoms with Crippen molar-refractivity contribution >= 4 is 22.4 Å². The van der Waals surface area contributed by atoms with Crippen molar-refractivity contribution < 1.29 is 4.39 Å². The lowest BCUT2D eigenvalue weighted by Crippen LogP contribution is -2.33. The molecule has 4 rings (SSSR count). The summed E-state index contributed by atoms with van der Waals surface area (Å²) >= 11 is 0. The second-order valence-electron chi connectivity index (χ2n) is 6.93. The zero-order valence-corrected chi connectivity index (χ0v) is 14.3. The van der Waals surface area contributed by atoms with E-state index in [1.165, 1.54) is 12.1 Å². The van der Waals surface area contributed by atoms with Gasteiger partial charge >= 0.3 is 0 Å². The van der Waals surface area contributed by atoms with Crippen molar-refractivity contribution in [2.75, 3.05) is 5.32 Å². The third kappa shape index (κ3) is 2.64. The number of pyridine rings is 1. The maximum atomic E-state index is 13.2. The smallest absolute Gasteiger partial charge is 0.261 e. The van der Waals surface area contributed by atoms with E-state index in [1.807, 2.05) is 11.6 Å². The molecule has 0 radical (unpaired) electrons. The van der Waals surface area contributed by atoms with Crippen molar-refractivity contribution in [3.05, 3.63) is 52.7 Å². The number of nitrogens with zero attached hydrogens (tertiary/aromatic N) is 3. The number of halogens is 1. The molecule has 1 aromatic carbocycles. The summed E-state index contributed by atoms with van der Waals surface area (Å²) in [6.07, 6.45) is 3.99. The lowest BCUT2D eigenvalue weighted by molar-refractivity contribution is 0.259. The summed E-state index contributed by atoms with van der Waals surface area (Å²) in [5.41, 5.74) is 0.592. The van der Waals surface area contributed by atoms with Gasteiger partial charge in [0.2, 0.25) is 0 Å². The first-order chi connectivity index (χ1) is 12.5. The third-order valence-corrected chi connectivity index (χ3v) is 5.09. The molecule has 0 spiro atoms. The minimum absolute atomic E-state index is 0.256. The van der Waals surface area contributed by atoms with E-state index in [-0.39, 0.29) is 11.4 Å². The van der Waals surface area contributed by atoms with Gasteiger partial charge in [-0.15, -0.1) is 0 Å².